The summed E-state index contributed by atoms with van der Waals surface area (Å²) in [6, 6.07) is 5.11. The predicted molar refractivity (Wildman–Crippen MR) is 98.6 cm³/mol. The van der Waals surface area contributed by atoms with Crippen LogP contribution in [0.2, 0.25) is 0 Å². The second-order valence-electron chi connectivity index (χ2n) is 5.27. The third kappa shape index (κ3) is 4.41. The maximum atomic E-state index is 12.5. The monoisotopic (exact) mass is 391 g/mol. The number of thiazole rings is 1. The smallest absolute Gasteiger partial charge is 0.277 e. The number of carbonyl (C=O) groups excluding carboxylic acids is 1. The van der Waals surface area contributed by atoms with Crippen molar-refractivity contribution in [3.05, 3.63) is 45.7 Å². The van der Waals surface area contributed by atoms with Gasteiger partial charge < -0.3 is 13.9 Å². The molecule has 0 N–H and O–H groups in total. The number of hydrogen-bond donors (Lipinski definition) is 0. The van der Waals surface area contributed by atoms with Gasteiger partial charge >= 0.3 is 0 Å². The summed E-state index contributed by atoms with van der Waals surface area (Å²) in [4.78, 5) is 16.9. The van der Waals surface area contributed by atoms with Crippen LogP contribution >= 0.6 is 23.1 Å². The Bertz CT molecular complexity index is 907. The Morgan fingerprint density at radius 3 is 2.81 bits per heavy atom. The maximum Gasteiger partial charge on any atom is 0.277 e. The van der Waals surface area contributed by atoms with Crippen LogP contribution < -0.4 is 9.47 Å². The van der Waals surface area contributed by atoms with Crippen LogP contribution in [0.3, 0.4) is 0 Å². The van der Waals surface area contributed by atoms with Crippen molar-refractivity contribution in [2.24, 2.45) is 0 Å². The van der Waals surface area contributed by atoms with E-state index in [0.717, 1.165) is 10.7 Å². The highest BCUT2D eigenvalue weighted by Gasteiger charge is 2.16. The lowest BCUT2D eigenvalue weighted by molar-refractivity contribution is 0.101. The van der Waals surface area contributed by atoms with Gasteiger partial charge in [0.25, 0.3) is 5.22 Å². The van der Waals surface area contributed by atoms with E-state index in [1.807, 2.05) is 12.3 Å². The minimum absolute atomic E-state index is 0.111. The molecular formula is C17H17N3O4S2. The number of carbonyl (C=O) groups is 1. The molecule has 26 heavy (non-hydrogen) atoms. The molecule has 0 saturated heterocycles. The summed E-state index contributed by atoms with van der Waals surface area (Å²) < 4.78 is 16.0. The minimum Gasteiger partial charge on any atom is -0.497 e. The molecular weight excluding hydrogens is 374 g/mol. The largest absolute Gasteiger partial charge is 0.497 e. The third-order valence-corrected chi connectivity index (χ3v) is 5.12. The van der Waals surface area contributed by atoms with E-state index in [4.69, 9.17) is 13.9 Å². The van der Waals surface area contributed by atoms with E-state index >= 15 is 0 Å². The second kappa shape index (κ2) is 8.33. The summed E-state index contributed by atoms with van der Waals surface area (Å²) in [5.74, 6) is 1.62. The zero-order valence-corrected chi connectivity index (χ0v) is 16.1. The summed E-state index contributed by atoms with van der Waals surface area (Å²) in [5.41, 5.74) is 1.35. The van der Waals surface area contributed by atoms with Gasteiger partial charge in [-0.2, -0.15) is 0 Å². The number of ketones is 1. The van der Waals surface area contributed by atoms with Gasteiger partial charge in [-0.15, -0.1) is 21.5 Å². The van der Waals surface area contributed by atoms with E-state index in [2.05, 4.69) is 15.2 Å². The Balaban J connectivity index is 1.63. The number of methoxy groups -OCH3 is 2. The van der Waals surface area contributed by atoms with Crippen LogP contribution in [0.15, 0.2) is 33.2 Å². The molecule has 0 spiro atoms. The van der Waals surface area contributed by atoms with E-state index in [-0.39, 0.29) is 11.5 Å². The van der Waals surface area contributed by atoms with Crippen molar-refractivity contribution in [1.82, 2.24) is 15.2 Å². The molecule has 0 fully saturated rings. The van der Waals surface area contributed by atoms with E-state index in [1.165, 1.54) is 18.9 Å². The van der Waals surface area contributed by atoms with Crippen LogP contribution in [0.25, 0.3) is 0 Å². The number of ether oxygens (including phenoxy) is 2. The Morgan fingerprint density at radius 2 is 2.12 bits per heavy atom. The van der Waals surface area contributed by atoms with Crippen molar-refractivity contribution in [1.29, 1.82) is 0 Å². The number of nitrogens with zero attached hydrogens (tertiary/aromatic N) is 3. The second-order valence-corrected chi connectivity index (χ2v) is 7.26. The number of Topliss-reactive ketones (excluding diaryl/α,β-unsaturated/α-hetero) is 1. The van der Waals surface area contributed by atoms with Gasteiger partial charge in [-0.1, -0.05) is 11.8 Å². The Kier molecular flexibility index (Phi) is 5.89. The Morgan fingerprint density at radius 1 is 1.27 bits per heavy atom. The van der Waals surface area contributed by atoms with Crippen molar-refractivity contribution >= 4 is 28.9 Å². The molecule has 0 bridgehead atoms. The summed E-state index contributed by atoms with van der Waals surface area (Å²) >= 11 is 2.76. The molecule has 9 heteroatoms. The number of rotatable bonds is 8. The minimum atomic E-state index is -0.111. The number of thioether (sulfide) groups is 1. The highest BCUT2D eigenvalue weighted by atomic mass is 32.2. The van der Waals surface area contributed by atoms with E-state index in [1.54, 1.807) is 36.6 Å². The van der Waals surface area contributed by atoms with E-state index < -0.39 is 0 Å². The van der Waals surface area contributed by atoms with Crippen LogP contribution in [-0.2, 0) is 6.42 Å². The number of aromatic nitrogens is 3. The molecule has 0 radical (unpaired) electrons. The highest BCUT2D eigenvalue weighted by Crippen LogP contribution is 2.27. The van der Waals surface area contributed by atoms with Crippen molar-refractivity contribution in [3.63, 3.8) is 0 Å². The molecule has 3 aromatic rings. The summed E-state index contributed by atoms with van der Waals surface area (Å²) in [6.45, 7) is 1.95. The summed E-state index contributed by atoms with van der Waals surface area (Å²) in [5, 5.41) is 11.3. The van der Waals surface area contributed by atoms with Crippen molar-refractivity contribution in [2.75, 3.05) is 20.0 Å². The first kappa shape index (κ1) is 18.4. The molecule has 7 nitrogen and oxygen atoms in total. The molecule has 0 amide bonds. The molecule has 1 aromatic carbocycles. The molecule has 0 aliphatic rings. The fraction of sp³-hybridized carbons (Fsp3) is 0.294. The first-order valence-corrected chi connectivity index (χ1v) is 9.57. The maximum absolute atomic E-state index is 12.5. The summed E-state index contributed by atoms with van der Waals surface area (Å²) in [7, 11) is 3.07. The van der Waals surface area contributed by atoms with Gasteiger partial charge in [-0.3, -0.25) is 4.79 Å². The number of benzene rings is 1. The van der Waals surface area contributed by atoms with Gasteiger partial charge in [0.2, 0.25) is 5.89 Å². The van der Waals surface area contributed by atoms with Crippen LogP contribution in [0.4, 0.5) is 0 Å². The lowest BCUT2D eigenvalue weighted by Crippen LogP contribution is -2.05. The van der Waals surface area contributed by atoms with Crippen LogP contribution in [0.5, 0.6) is 11.5 Å². The lowest BCUT2D eigenvalue weighted by Gasteiger charge is -2.08. The first-order valence-electron chi connectivity index (χ1n) is 7.70. The van der Waals surface area contributed by atoms with Gasteiger partial charge in [0.05, 0.1) is 42.7 Å². The first-order chi connectivity index (χ1) is 12.6. The van der Waals surface area contributed by atoms with Crippen molar-refractivity contribution < 1.29 is 18.7 Å². The van der Waals surface area contributed by atoms with Gasteiger partial charge in [-0.25, -0.2) is 4.98 Å². The molecule has 2 heterocycles. The van der Waals surface area contributed by atoms with E-state index in [0.29, 0.717) is 34.6 Å². The van der Waals surface area contributed by atoms with Gasteiger partial charge in [0.1, 0.15) is 11.5 Å². The van der Waals surface area contributed by atoms with E-state index in [9.17, 15) is 4.79 Å². The zero-order chi connectivity index (χ0) is 18.5. The molecule has 2 aromatic heterocycles. The standard InChI is InChI=1S/C17H17N3O4S2/c1-10-18-11(8-25-10)6-16-19-20-17(24-16)26-9-14(21)13-7-12(22-2)4-5-15(13)23-3/h4-5,7-8H,6,9H2,1-3H3. The topological polar surface area (TPSA) is 87.3 Å². The normalized spacial score (nSPS) is 10.7. The van der Waals surface area contributed by atoms with Crippen LogP contribution in [0, 0.1) is 6.92 Å². The molecule has 0 saturated carbocycles. The van der Waals surface area contributed by atoms with Gasteiger partial charge in [0, 0.05) is 5.38 Å². The molecule has 3 rings (SSSR count). The quantitative estimate of drug-likeness (QED) is 0.426. The third-order valence-electron chi connectivity index (χ3n) is 3.48. The lowest BCUT2D eigenvalue weighted by atomic mass is 10.1. The Hall–Kier alpha value is -2.39. The Labute approximate surface area is 158 Å². The SMILES string of the molecule is COc1ccc(OC)c(C(=O)CSc2nnc(Cc3csc(C)n3)o2)c1. The van der Waals surface area contributed by atoms with Crippen molar-refractivity contribution in [2.45, 2.75) is 18.6 Å². The van der Waals surface area contributed by atoms with Crippen molar-refractivity contribution in [3.8, 4) is 11.5 Å². The van der Waals surface area contributed by atoms with Crippen LogP contribution in [-0.4, -0.2) is 40.9 Å². The van der Waals surface area contributed by atoms with Gasteiger partial charge in [-0.05, 0) is 25.1 Å². The molecule has 0 atom stereocenters. The molecule has 0 unspecified atom stereocenters. The highest BCUT2D eigenvalue weighted by molar-refractivity contribution is 7.99. The molecule has 0 aliphatic heterocycles. The zero-order valence-electron chi connectivity index (χ0n) is 14.5. The van der Waals surface area contributed by atoms with Crippen LogP contribution in [0.1, 0.15) is 27.0 Å². The summed E-state index contributed by atoms with van der Waals surface area (Å²) in [6.07, 6.45) is 0.482. The fourth-order valence-corrected chi connectivity index (χ4v) is 3.53. The number of hydrogen-bond acceptors (Lipinski definition) is 9. The average molecular weight is 391 g/mol. The molecule has 136 valence electrons. The van der Waals surface area contributed by atoms with Gasteiger partial charge in [0.15, 0.2) is 5.78 Å². The molecule has 0 aliphatic carbocycles. The predicted octanol–water partition coefficient (Wildman–Crippen LogP) is 3.42. The average Bonchev–Trinajstić information content (AvgIpc) is 3.28. The fourth-order valence-electron chi connectivity index (χ4n) is 2.25. The number of aryl methyl sites for hydroxylation is 1.